The van der Waals surface area contributed by atoms with Gasteiger partial charge in [-0.15, -0.1) is 0 Å². The number of aromatic nitrogens is 2. The maximum Gasteiger partial charge on any atom is 0.225 e. The summed E-state index contributed by atoms with van der Waals surface area (Å²) in [7, 11) is 1.65. The number of amides is 1. The molecule has 0 saturated carbocycles. The van der Waals surface area contributed by atoms with E-state index in [0.29, 0.717) is 31.3 Å². The Morgan fingerprint density at radius 1 is 1.62 bits per heavy atom. The van der Waals surface area contributed by atoms with E-state index in [2.05, 4.69) is 10.4 Å². The van der Waals surface area contributed by atoms with Gasteiger partial charge in [-0.05, 0) is 5.92 Å². The van der Waals surface area contributed by atoms with Crippen LogP contribution in [0, 0.1) is 5.92 Å². The summed E-state index contributed by atoms with van der Waals surface area (Å²) >= 11 is 0. The normalized spacial score (nSPS) is 10.8. The lowest BCUT2D eigenvalue weighted by molar-refractivity contribution is -0.116. The lowest BCUT2D eigenvalue weighted by atomic mass is 10.1. The largest absolute Gasteiger partial charge is 0.383 e. The average molecular weight is 225 g/mol. The van der Waals surface area contributed by atoms with Gasteiger partial charge >= 0.3 is 0 Å². The summed E-state index contributed by atoms with van der Waals surface area (Å²) in [5, 5.41) is 6.96. The topological polar surface area (TPSA) is 56.1 Å². The Morgan fingerprint density at radius 2 is 2.38 bits per heavy atom. The Labute approximate surface area is 95.8 Å². The molecule has 1 aromatic rings. The van der Waals surface area contributed by atoms with Gasteiger partial charge in [0.05, 0.1) is 13.2 Å². The van der Waals surface area contributed by atoms with Crippen molar-refractivity contribution in [2.75, 3.05) is 19.0 Å². The van der Waals surface area contributed by atoms with Gasteiger partial charge in [0.25, 0.3) is 0 Å². The Morgan fingerprint density at radius 3 is 3.00 bits per heavy atom. The van der Waals surface area contributed by atoms with Gasteiger partial charge in [-0.3, -0.25) is 9.48 Å². The summed E-state index contributed by atoms with van der Waals surface area (Å²) in [5.41, 5.74) is 0. The van der Waals surface area contributed by atoms with Crippen molar-refractivity contribution >= 4 is 11.7 Å². The molecule has 0 aliphatic carbocycles. The molecule has 0 radical (unpaired) electrons. The maximum absolute atomic E-state index is 11.5. The molecule has 0 bridgehead atoms. The summed E-state index contributed by atoms with van der Waals surface area (Å²) in [6.45, 7) is 5.32. The zero-order valence-corrected chi connectivity index (χ0v) is 10.1. The fourth-order valence-electron chi connectivity index (χ4n) is 1.30. The summed E-state index contributed by atoms with van der Waals surface area (Å²) in [6, 6.07) is 1.79. The average Bonchev–Trinajstić information content (AvgIpc) is 2.61. The first kappa shape index (κ1) is 12.7. The van der Waals surface area contributed by atoms with Crippen LogP contribution < -0.4 is 5.32 Å². The number of hydrogen-bond donors (Lipinski definition) is 1. The molecule has 0 aromatic carbocycles. The smallest absolute Gasteiger partial charge is 0.225 e. The summed E-state index contributed by atoms with van der Waals surface area (Å²) in [6.07, 6.45) is 2.34. The molecule has 1 rings (SSSR count). The molecule has 0 saturated heterocycles. The van der Waals surface area contributed by atoms with Crippen molar-refractivity contribution in [3.63, 3.8) is 0 Å². The minimum absolute atomic E-state index is 0.00647. The van der Waals surface area contributed by atoms with E-state index in [1.54, 1.807) is 17.9 Å². The van der Waals surface area contributed by atoms with Gasteiger partial charge in [0.1, 0.15) is 0 Å². The molecule has 90 valence electrons. The van der Waals surface area contributed by atoms with E-state index in [-0.39, 0.29) is 5.91 Å². The van der Waals surface area contributed by atoms with E-state index < -0.39 is 0 Å². The van der Waals surface area contributed by atoms with Crippen molar-refractivity contribution in [3.05, 3.63) is 12.3 Å². The molecule has 0 aliphatic rings. The van der Waals surface area contributed by atoms with E-state index in [4.69, 9.17) is 4.74 Å². The van der Waals surface area contributed by atoms with Crippen molar-refractivity contribution < 1.29 is 9.53 Å². The molecule has 0 spiro atoms. The van der Waals surface area contributed by atoms with Crippen LogP contribution in [0.5, 0.6) is 0 Å². The minimum atomic E-state index is 0.00647. The number of hydrogen-bond acceptors (Lipinski definition) is 3. The number of nitrogens with zero attached hydrogens (tertiary/aromatic N) is 2. The van der Waals surface area contributed by atoms with Crippen LogP contribution in [0.15, 0.2) is 12.3 Å². The van der Waals surface area contributed by atoms with E-state index >= 15 is 0 Å². The van der Waals surface area contributed by atoms with E-state index in [9.17, 15) is 4.79 Å². The van der Waals surface area contributed by atoms with Gasteiger partial charge in [0, 0.05) is 25.8 Å². The van der Waals surface area contributed by atoms with Crippen LogP contribution in [0.2, 0.25) is 0 Å². The fourth-order valence-corrected chi connectivity index (χ4v) is 1.30. The second-order valence-corrected chi connectivity index (χ2v) is 4.10. The van der Waals surface area contributed by atoms with Crippen molar-refractivity contribution in [1.82, 2.24) is 9.78 Å². The zero-order valence-electron chi connectivity index (χ0n) is 10.1. The highest BCUT2D eigenvalue weighted by atomic mass is 16.5. The predicted octanol–water partition coefficient (Wildman–Crippen LogP) is 1.51. The van der Waals surface area contributed by atoms with Gasteiger partial charge < -0.3 is 10.1 Å². The van der Waals surface area contributed by atoms with Gasteiger partial charge in [-0.1, -0.05) is 13.8 Å². The highest BCUT2D eigenvalue weighted by molar-refractivity contribution is 5.89. The molecule has 0 atom stereocenters. The Hall–Kier alpha value is -1.36. The van der Waals surface area contributed by atoms with E-state index in [1.807, 2.05) is 20.0 Å². The minimum Gasteiger partial charge on any atom is -0.383 e. The number of methoxy groups -OCH3 is 1. The van der Waals surface area contributed by atoms with Crippen LogP contribution in [0.25, 0.3) is 0 Å². The maximum atomic E-state index is 11.5. The standard InChI is InChI=1S/C11H19N3O2/c1-9(2)8-11(15)12-10-4-5-14(13-10)6-7-16-3/h4-5,9H,6-8H2,1-3H3,(H,12,13,15). The molecule has 0 aliphatic heterocycles. The molecule has 1 N–H and O–H groups in total. The van der Waals surface area contributed by atoms with Crippen LogP contribution in [-0.2, 0) is 16.1 Å². The van der Waals surface area contributed by atoms with E-state index in [1.165, 1.54) is 0 Å². The number of rotatable bonds is 6. The van der Waals surface area contributed by atoms with Crippen molar-refractivity contribution in [1.29, 1.82) is 0 Å². The number of carbonyl (C=O) groups excluding carboxylic acids is 1. The molecule has 1 amide bonds. The van der Waals surface area contributed by atoms with Crippen molar-refractivity contribution in [3.8, 4) is 0 Å². The van der Waals surface area contributed by atoms with Crippen LogP contribution in [0.1, 0.15) is 20.3 Å². The molecule has 0 unspecified atom stereocenters. The third-order valence-electron chi connectivity index (χ3n) is 2.03. The number of anilines is 1. The summed E-state index contributed by atoms with van der Waals surface area (Å²) < 4.78 is 6.69. The van der Waals surface area contributed by atoms with E-state index in [0.717, 1.165) is 0 Å². The molecule has 5 nitrogen and oxygen atoms in total. The lowest BCUT2D eigenvalue weighted by Gasteiger charge is -2.04. The SMILES string of the molecule is COCCn1ccc(NC(=O)CC(C)C)n1. The number of nitrogens with one attached hydrogen (secondary N) is 1. The second kappa shape index (κ2) is 6.27. The highest BCUT2D eigenvalue weighted by Gasteiger charge is 2.06. The number of carbonyl (C=O) groups is 1. The Kier molecular flexibility index (Phi) is 4.98. The molecule has 1 aromatic heterocycles. The van der Waals surface area contributed by atoms with Crippen LogP contribution in [0.3, 0.4) is 0 Å². The van der Waals surface area contributed by atoms with Gasteiger partial charge in [-0.2, -0.15) is 5.10 Å². The highest BCUT2D eigenvalue weighted by Crippen LogP contribution is 2.06. The van der Waals surface area contributed by atoms with Crippen LogP contribution in [-0.4, -0.2) is 29.4 Å². The van der Waals surface area contributed by atoms with Gasteiger partial charge in [0.15, 0.2) is 5.82 Å². The zero-order chi connectivity index (χ0) is 12.0. The molecule has 5 heteroatoms. The number of ether oxygens (including phenoxy) is 1. The quantitative estimate of drug-likeness (QED) is 0.798. The predicted molar refractivity (Wildman–Crippen MR) is 62.2 cm³/mol. The molecular formula is C11H19N3O2. The second-order valence-electron chi connectivity index (χ2n) is 4.10. The first-order valence-electron chi connectivity index (χ1n) is 5.44. The first-order chi connectivity index (χ1) is 7.61. The third-order valence-corrected chi connectivity index (χ3v) is 2.03. The Bertz CT molecular complexity index is 334. The summed E-state index contributed by atoms with van der Waals surface area (Å²) in [5.74, 6) is 0.962. The van der Waals surface area contributed by atoms with Crippen LogP contribution in [0.4, 0.5) is 5.82 Å². The molecule has 16 heavy (non-hydrogen) atoms. The first-order valence-corrected chi connectivity index (χ1v) is 5.44. The monoisotopic (exact) mass is 225 g/mol. The Balaban J connectivity index is 2.42. The fraction of sp³-hybridized carbons (Fsp3) is 0.636. The third kappa shape index (κ3) is 4.44. The molecular weight excluding hydrogens is 206 g/mol. The molecule has 0 fully saturated rings. The van der Waals surface area contributed by atoms with Crippen molar-refractivity contribution in [2.24, 2.45) is 5.92 Å². The van der Waals surface area contributed by atoms with Gasteiger partial charge in [-0.25, -0.2) is 0 Å². The summed E-state index contributed by atoms with van der Waals surface area (Å²) in [4.78, 5) is 11.5. The molecule has 1 heterocycles. The van der Waals surface area contributed by atoms with Gasteiger partial charge in [0.2, 0.25) is 5.91 Å². The van der Waals surface area contributed by atoms with Crippen molar-refractivity contribution in [2.45, 2.75) is 26.8 Å². The lowest BCUT2D eigenvalue weighted by Crippen LogP contribution is -2.14. The van der Waals surface area contributed by atoms with Crippen LogP contribution >= 0.6 is 0 Å².